The van der Waals surface area contributed by atoms with Crippen molar-refractivity contribution in [1.82, 2.24) is 9.97 Å². The molecule has 0 aliphatic carbocycles. The number of nitriles is 2. The Labute approximate surface area is 208 Å². The van der Waals surface area contributed by atoms with E-state index in [0.717, 1.165) is 5.56 Å². The van der Waals surface area contributed by atoms with Gasteiger partial charge in [-0.3, -0.25) is 9.78 Å². The van der Waals surface area contributed by atoms with E-state index < -0.39 is 0 Å². The Balaban J connectivity index is 1.83. The lowest BCUT2D eigenvalue weighted by molar-refractivity contribution is -0.114. The van der Waals surface area contributed by atoms with Gasteiger partial charge in [0.05, 0.1) is 11.7 Å². The monoisotopic (exact) mass is 484 g/mol. The van der Waals surface area contributed by atoms with Crippen LogP contribution < -0.4 is 10.2 Å². The topological polar surface area (TPSA) is 126 Å². The van der Waals surface area contributed by atoms with Gasteiger partial charge in [-0.1, -0.05) is 18.2 Å². The first-order valence-corrected chi connectivity index (χ1v) is 12.2. The standard InChI is InChI=1S/C26H24N6O2S/c1-17(33)30-20-6-4-19(5-7-20)24-22(13-27)25(32-11-8-21(34)9-12-32)31-26(23(24)14-28)35-16-18-3-2-10-29-15-18/h2-7,10,15,21,34H,8-9,11-12,16H2,1H3,(H,30,33). The van der Waals surface area contributed by atoms with E-state index in [1.54, 1.807) is 36.7 Å². The minimum atomic E-state index is -0.365. The maximum atomic E-state index is 11.4. The number of aliphatic hydroxyl groups is 1. The first kappa shape index (κ1) is 24.2. The Morgan fingerprint density at radius 1 is 1.17 bits per heavy atom. The molecule has 0 bridgehead atoms. The van der Waals surface area contributed by atoms with E-state index in [1.165, 1.54) is 18.7 Å². The number of nitrogens with zero attached hydrogens (tertiary/aromatic N) is 5. The number of aromatic nitrogens is 2. The number of rotatable bonds is 6. The number of pyridine rings is 2. The summed E-state index contributed by atoms with van der Waals surface area (Å²) in [7, 11) is 0. The Morgan fingerprint density at radius 3 is 2.49 bits per heavy atom. The van der Waals surface area contributed by atoms with Crippen molar-refractivity contribution in [3.05, 3.63) is 65.5 Å². The second-order valence-electron chi connectivity index (χ2n) is 8.22. The highest BCUT2D eigenvalue weighted by Gasteiger charge is 2.27. The maximum absolute atomic E-state index is 11.4. The van der Waals surface area contributed by atoms with Crippen molar-refractivity contribution in [2.24, 2.45) is 0 Å². The van der Waals surface area contributed by atoms with Crippen LogP contribution >= 0.6 is 11.8 Å². The van der Waals surface area contributed by atoms with Crippen LogP contribution in [0.4, 0.5) is 11.5 Å². The fourth-order valence-electron chi connectivity index (χ4n) is 4.02. The third-order valence-electron chi connectivity index (χ3n) is 5.72. The SMILES string of the molecule is CC(=O)Nc1ccc(-c2c(C#N)c(SCc3cccnc3)nc(N3CCC(O)CC3)c2C#N)cc1. The van der Waals surface area contributed by atoms with E-state index in [4.69, 9.17) is 4.98 Å². The molecule has 0 saturated carbocycles. The van der Waals surface area contributed by atoms with E-state index in [1.807, 2.05) is 17.0 Å². The molecule has 1 aromatic carbocycles. The molecule has 0 spiro atoms. The van der Waals surface area contributed by atoms with Gasteiger partial charge in [0.15, 0.2) is 0 Å². The highest BCUT2D eigenvalue weighted by Crippen LogP contribution is 2.39. The molecule has 176 valence electrons. The molecule has 1 amide bonds. The predicted octanol–water partition coefficient (Wildman–Crippen LogP) is 4.10. The maximum Gasteiger partial charge on any atom is 0.221 e. The van der Waals surface area contributed by atoms with Crippen molar-refractivity contribution >= 4 is 29.2 Å². The molecule has 2 aromatic heterocycles. The highest BCUT2D eigenvalue weighted by atomic mass is 32.2. The molecular weight excluding hydrogens is 460 g/mol. The van der Waals surface area contributed by atoms with Gasteiger partial charge in [-0.15, -0.1) is 11.8 Å². The number of thioether (sulfide) groups is 1. The third-order valence-corrected chi connectivity index (χ3v) is 6.77. The molecule has 9 heteroatoms. The van der Waals surface area contributed by atoms with E-state index in [0.29, 0.717) is 70.5 Å². The van der Waals surface area contributed by atoms with E-state index >= 15 is 0 Å². The summed E-state index contributed by atoms with van der Waals surface area (Å²) in [6.07, 6.45) is 4.30. The molecule has 1 fully saturated rings. The minimum Gasteiger partial charge on any atom is -0.393 e. The molecule has 4 rings (SSSR count). The molecule has 1 saturated heterocycles. The van der Waals surface area contributed by atoms with Gasteiger partial charge in [0, 0.05) is 49.4 Å². The van der Waals surface area contributed by atoms with Gasteiger partial charge in [0.1, 0.15) is 28.5 Å². The zero-order chi connectivity index (χ0) is 24.8. The molecule has 0 radical (unpaired) electrons. The van der Waals surface area contributed by atoms with Gasteiger partial charge in [0.2, 0.25) is 5.91 Å². The van der Waals surface area contributed by atoms with Crippen LogP contribution in [0.5, 0.6) is 0 Å². The summed E-state index contributed by atoms with van der Waals surface area (Å²) in [6, 6.07) is 15.5. The molecule has 3 heterocycles. The fraction of sp³-hybridized carbons (Fsp3) is 0.269. The summed E-state index contributed by atoms with van der Waals surface area (Å²) >= 11 is 1.43. The molecule has 8 nitrogen and oxygen atoms in total. The lowest BCUT2D eigenvalue weighted by atomic mass is 9.95. The molecule has 1 aliphatic rings. The van der Waals surface area contributed by atoms with Crippen LogP contribution in [-0.4, -0.2) is 40.2 Å². The molecule has 2 N–H and O–H groups in total. The quantitative estimate of drug-likeness (QED) is 0.501. The largest absolute Gasteiger partial charge is 0.393 e. The number of benzene rings is 1. The van der Waals surface area contributed by atoms with Gasteiger partial charge < -0.3 is 15.3 Å². The number of carbonyl (C=O) groups is 1. The number of hydrogen-bond donors (Lipinski definition) is 2. The number of hydrogen-bond acceptors (Lipinski definition) is 8. The smallest absolute Gasteiger partial charge is 0.221 e. The number of aliphatic hydroxyl groups excluding tert-OH is 1. The Bertz CT molecular complexity index is 1290. The lowest BCUT2D eigenvalue weighted by Gasteiger charge is -2.32. The Morgan fingerprint density at radius 2 is 1.89 bits per heavy atom. The van der Waals surface area contributed by atoms with E-state index in [-0.39, 0.29) is 12.0 Å². The van der Waals surface area contributed by atoms with Crippen molar-refractivity contribution in [2.75, 3.05) is 23.3 Å². The summed E-state index contributed by atoms with van der Waals surface area (Å²) in [6.45, 7) is 2.58. The van der Waals surface area contributed by atoms with Crippen molar-refractivity contribution in [3.8, 4) is 23.3 Å². The van der Waals surface area contributed by atoms with Gasteiger partial charge >= 0.3 is 0 Å². The number of carbonyl (C=O) groups excluding carboxylic acids is 1. The lowest BCUT2D eigenvalue weighted by Crippen LogP contribution is -2.37. The zero-order valence-corrected chi connectivity index (χ0v) is 20.0. The van der Waals surface area contributed by atoms with Crippen LogP contribution in [0.3, 0.4) is 0 Å². The number of piperidine rings is 1. The first-order chi connectivity index (χ1) is 17.0. The molecule has 0 unspecified atom stereocenters. The molecule has 3 aromatic rings. The van der Waals surface area contributed by atoms with Crippen LogP contribution in [0.1, 0.15) is 36.5 Å². The highest BCUT2D eigenvalue weighted by molar-refractivity contribution is 7.98. The van der Waals surface area contributed by atoms with Crippen LogP contribution in [-0.2, 0) is 10.5 Å². The van der Waals surface area contributed by atoms with Gasteiger partial charge in [0.25, 0.3) is 0 Å². The van der Waals surface area contributed by atoms with Crippen LogP contribution in [0.2, 0.25) is 0 Å². The second-order valence-corrected chi connectivity index (χ2v) is 9.18. The number of amides is 1. The van der Waals surface area contributed by atoms with Gasteiger partial charge in [-0.25, -0.2) is 4.98 Å². The summed E-state index contributed by atoms with van der Waals surface area (Å²) in [5.74, 6) is 0.911. The van der Waals surface area contributed by atoms with Crippen molar-refractivity contribution in [1.29, 1.82) is 10.5 Å². The van der Waals surface area contributed by atoms with Crippen LogP contribution in [0, 0.1) is 22.7 Å². The predicted molar refractivity (Wildman–Crippen MR) is 135 cm³/mol. The van der Waals surface area contributed by atoms with Crippen LogP contribution in [0.15, 0.2) is 53.8 Å². The number of nitrogens with one attached hydrogen (secondary N) is 1. The van der Waals surface area contributed by atoms with Crippen molar-refractivity contribution < 1.29 is 9.90 Å². The van der Waals surface area contributed by atoms with Gasteiger partial charge in [-0.2, -0.15) is 10.5 Å². The fourth-order valence-corrected chi connectivity index (χ4v) is 4.94. The minimum absolute atomic E-state index is 0.180. The molecule has 1 aliphatic heterocycles. The summed E-state index contributed by atoms with van der Waals surface area (Å²) in [5.41, 5.74) is 3.50. The number of anilines is 2. The molecule has 35 heavy (non-hydrogen) atoms. The van der Waals surface area contributed by atoms with E-state index in [9.17, 15) is 20.4 Å². The van der Waals surface area contributed by atoms with Gasteiger partial charge in [-0.05, 0) is 42.2 Å². The average molecular weight is 485 g/mol. The van der Waals surface area contributed by atoms with Crippen LogP contribution in [0.25, 0.3) is 11.1 Å². The Kier molecular flexibility index (Phi) is 7.61. The summed E-state index contributed by atoms with van der Waals surface area (Å²) < 4.78 is 0. The second kappa shape index (κ2) is 11.0. The first-order valence-electron chi connectivity index (χ1n) is 11.2. The van der Waals surface area contributed by atoms with Crippen molar-refractivity contribution in [3.63, 3.8) is 0 Å². The van der Waals surface area contributed by atoms with Crippen molar-refractivity contribution in [2.45, 2.75) is 36.6 Å². The zero-order valence-electron chi connectivity index (χ0n) is 19.2. The molecule has 0 atom stereocenters. The molecular formula is C26H24N6O2S. The Hall–Kier alpha value is -3.92. The van der Waals surface area contributed by atoms with E-state index in [2.05, 4.69) is 22.4 Å². The summed E-state index contributed by atoms with van der Waals surface area (Å²) in [5, 5.41) is 33.6. The third kappa shape index (κ3) is 5.60. The summed E-state index contributed by atoms with van der Waals surface area (Å²) in [4.78, 5) is 22.4. The average Bonchev–Trinajstić information content (AvgIpc) is 2.87. The normalized spacial score (nSPS) is 13.7.